The molecule has 1 aromatic heterocycles. The normalized spacial score (nSPS) is 10.0. The van der Waals surface area contributed by atoms with Crippen LogP contribution in [0.3, 0.4) is 0 Å². The van der Waals surface area contributed by atoms with Crippen molar-refractivity contribution in [3.05, 3.63) is 30.5 Å². The molecule has 2 aromatic rings. The van der Waals surface area contributed by atoms with Gasteiger partial charge in [-0.3, -0.25) is 19.2 Å². The van der Waals surface area contributed by atoms with Crippen molar-refractivity contribution in [3.8, 4) is 0 Å². The molecule has 0 aliphatic heterocycles. The molecule has 0 unspecified atom stereocenters. The summed E-state index contributed by atoms with van der Waals surface area (Å²) in [6, 6.07) is 7.66. The summed E-state index contributed by atoms with van der Waals surface area (Å²) in [6.45, 7) is 0.148. The van der Waals surface area contributed by atoms with Crippen LogP contribution < -0.4 is 0 Å². The molecule has 0 aliphatic carbocycles. The van der Waals surface area contributed by atoms with Crippen molar-refractivity contribution >= 4 is 82.0 Å². The van der Waals surface area contributed by atoms with Gasteiger partial charge in [-0.2, -0.15) is 5.10 Å². The van der Waals surface area contributed by atoms with Gasteiger partial charge in [0.05, 0.1) is 31.3 Å². The number of aromatic nitrogens is 2. The van der Waals surface area contributed by atoms with E-state index in [1.807, 2.05) is 24.3 Å². The monoisotopic (exact) mass is 323 g/mol. The molecule has 1 aromatic carbocycles. The zero-order chi connectivity index (χ0) is 14.5. The number of fused-ring (bicyclic) bond motifs is 1. The van der Waals surface area contributed by atoms with Crippen LogP contribution in [-0.4, -0.2) is 116 Å². The molecular formula is C13H15N3Na2O4. The molecule has 0 fully saturated rings. The summed E-state index contributed by atoms with van der Waals surface area (Å²) in [7, 11) is 0. The van der Waals surface area contributed by atoms with Crippen molar-refractivity contribution in [1.29, 1.82) is 0 Å². The first-order valence-corrected chi connectivity index (χ1v) is 6.13. The smallest absolute Gasteiger partial charge is 0.317 e. The first kappa shape index (κ1) is 21.6. The van der Waals surface area contributed by atoms with E-state index in [0.29, 0.717) is 13.1 Å². The number of carboxylic acids is 2. The average Bonchev–Trinajstić information content (AvgIpc) is 2.78. The molecule has 7 nitrogen and oxygen atoms in total. The predicted octanol–water partition coefficient (Wildman–Crippen LogP) is -0.254. The Labute approximate surface area is 171 Å². The minimum absolute atomic E-state index is 0. The topological polar surface area (TPSA) is 95.7 Å². The van der Waals surface area contributed by atoms with Crippen LogP contribution in [0.2, 0.25) is 0 Å². The van der Waals surface area contributed by atoms with Crippen molar-refractivity contribution in [1.82, 2.24) is 14.7 Å². The Balaban J connectivity index is 0.00000220. The minimum atomic E-state index is -1.04. The summed E-state index contributed by atoms with van der Waals surface area (Å²) >= 11 is 0. The quantitative estimate of drug-likeness (QED) is 0.682. The van der Waals surface area contributed by atoms with Crippen LogP contribution in [0.25, 0.3) is 10.9 Å². The number of rotatable bonds is 7. The van der Waals surface area contributed by atoms with Gasteiger partial charge in [-0.1, -0.05) is 18.2 Å². The van der Waals surface area contributed by atoms with Crippen molar-refractivity contribution in [2.45, 2.75) is 6.54 Å². The van der Waals surface area contributed by atoms with E-state index in [2.05, 4.69) is 5.10 Å². The largest absolute Gasteiger partial charge is 0.480 e. The molecule has 0 saturated carbocycles. The van der Waals surface area contributed by atoms with E-state index < -0.39 is 11.9 Å². The molecule has 2 rings (SSSR count). The van der Waals surface area contributed by atoms with Crippen LogP contribution in [0.4, 0.5) is 0 Å². The van der Waals surface area contributed by atoms with E-state index in [9.17, 15) is 9.59 Å². The number of hydrogen-bond donors (Lipinski definition) is 2. The Morgan fingerprint density at radius 2 is 1.68 bits per heavy atom. The van der Waals surface area contributed by atoms with Gasteiger partial charge in [0.2, 0.25) is 0 Å². The number of nitrogens with zero attached hydrogens (tertiary/aromatic N) is 3. The van der Waals surface area contributed by atoms with Crippen LogP contribution in [0.5, 0.6) is 0 Å². The summed E-state index contributed by atoms with van der Waals surface area (Å²) in [5, 5.41) is 22.8. The summed E-state index contributed by atoms with van der Waals surface area (Å²) in [5.74, 6) is -2.09. The second-order valence-electron chi connectivity index (χ2n) is 4.42. The Morgan fingerprint density at radius 1 is 1.09 bits per heavy atom. The first-order valence-electron chi connectivity index (χ1n) is 6.13. The van der Waals surface area contributed by atoms with Gasteiger partial charge < -0.3 is 10.2 Å². The second kappa shape index (κ2) is 10.4. The Hall–Kier alpha value is -0.410. The molecule has 0 aliphatic rings. The fourth-order valence-electron chi connectivity index (χ4n) is 2.04. The van der Waals surface area contributed by atoms with Crippen LogP contribution in [0.15, 0.2) is 30.5 Å². The van der Waals surface area contributed by atoms with Gasteiger partial charge in [0, 0.05) is 71.0 Å². The maximum Gasteiger partial charge on any atom is 0.317 e. The van der Waals surface area contributed by atoms with Gasteiger partial charge >= 0.3 is 11.9 Å². The molecule has 9 heteroatoms. The third-order valence-electron chi connectivity index (χ3n) is 2.90. The molecule has 0 amide bonds. The molecular weight excluding hydrogens is 308 g/mol. The molecule has 108 valence electrons. The van der Waals surface area contributed by atoms with E-state index in [4.69, 9.17) is 10.2 Å². The van der Waals surface area contributed by atoms with Gasteiger partial charge in [0.15, 0.2) is 0 Å². The zero-order valence-corrected chi connectivity index (χ0v) is 16.8. The van der Waals surface area contributed by atoms with E-state index in [0.717, 1.165) is 10.9 Å². The second-order valence-corrected chi connectivity index (χ2v) is 4.42. The summed E-state index contributed by atoms with van der Waals surface area (Å²) < 4.78 is 1.74. The van der Waals surface area contributed by atoms with Gasteiger partial charge in [0.1, 0.15) is 0 Å². The van der Waals surface area contributed by atoms with Crippen LogP contribution in [0.1, 0.15) is 0 Å². The molecule has 2 N–H and O–H groups in total. The summed E-state index contributed by atoms with van der Waals surface area (Å²) in [4.78, 5) is 22.8. The van der Waals surface area contributed by atoms with Gasteiger partial charge in [-0.15, -0.1) is 0 Å². The van der Waals surface area contributed by atoms with Crippen molar-refractivity contribution in [2.75, 3.05) is 19.6 Å². The summed E-state index contributed by atoms with van der Waals surface area (Å²) in [6.07, 6.45) is 1.73. The van der Waals surface area contributed by atoms with Crippen LogP contribution in [-0.2, 0) is 16.1 Å². The molecule has 0 spiro atoms. The van der Waals surface area contributed by atoms with Crippen molar-refractivity contribution in [3.63, 3.8) is 0 Å². The first-order chi connectivity index (χ1) is 9.56. The molecule has 0 saturated heterocycles. The van der Waals surface area contributed by atoms with Gasteiger partial charge in [0.25, 0.3) is 0 Å². The van der Waals surface area contributed by atoms with E-state index in [1.165, 1.54) is 4.90 Å². The molecule has 2 radical (unpaired) electrons. The molecule has 22 heavy (non-hydrogen) atoms. The van der Waals surface area contributed by atoms with Crippen molar-refractivity contribution in [2.24, 2.45) is 0 Å². The van der Waals surface area contributed by atoms with E-state index in [-0.39, 0.29) is 72.2 Å². The number of para-hydroxylation sites is 1. The minimum Gasteiger partial charge on any atom is -0.480 e. The maximum absolute atomic E-state index is 10.7. The predicted molar refractivity (Wildman–Crippen MR) is 83.0 cm³/mol. The average molecular weight is 323 g/mol. The molecule has 0 bridgehead atoms. The SMILES string of the molecule is O=C(O)CN(CCn1ncc2ccccc21)CC(=O)O.[Na].[Na]. The number of aliphatic carboxylic acids is 2. The fourth-order valence-corrected chi connectivity index (χ4v) is 2.04. The Morgan fingerprint density at radius 3 is 2.27 bits per heavy atom. The Kier molecular flexibility index (Phi) is 10.2. The van der Waals surface area contributed by atoms with Crippen LogP contribution >= 0.6 is 0 Å². The third kappa shape index (κ3) is 6.37. The standard InChI is InChI=1S/C13H15N3O4.2Na/c17-12(18)8-15(9-13(19)20)5-6-16-11-4-2-1-3-10(11)7-14-16;;/h1-4,7H,5-6,8-9H2,(H,17,18)(H,19,20);;. The number of hydrogen-bond acceptors (Lipinski definition) is 4. The summed E-state index contributed by atoms with van der Waals surface area (Å²) in [5.41, 5.74) is 0.943. The Bertz CT molecular complexity index is 617. The van der Waals surface area contributed by atoms with Gasteiger partial charge in [-0.05, 0) is 6.07 Å². The molecule has 1 heterocycles. The van der Waals surface area contributed by atoms with Crippen LogP contribution in [0, 0.1) is 0 Å². The third-order valence-corrected chi connectivity index (χ3v) is 2.90. The number of carboxylic acid groups (broad SMARTS) is 2. The number of benzene rings is 1. The maximum atomic E-state index is 10.7. The zero-order valence-electron chi connectivity index (χ0n) is 12.8. The number of carbonyl (C=O) groups is 2. The fraction of sp³-hybridized carbons (Fsp3) is 0.308. The van der Waals surface area contributed by atoms with Gasteiger partial charge in [-0.25, -0.2) is 0 Å². The molecule has 0 atom stereocenters. The van der Waals surface area contributed by atoms with E-state index in [1.54, 1.807) is 10.9 Å². The van der Waals surface area contributed by atoms with E-state index >= 15 is 0 Å². The van der Waals surface area contributed by atoms with Crippen molar-refractivity contribution < 1.29 is 19.8 Å².